The molecule has 0 atom stereocenters. The van der Waals surface area contributed by atoms with Gasteiger partial charge in [0, 0.05) is 6.54 Å². The second-order valence-corrected chi connectivity index (χ2v) is 3.16. The van der Waals surface area contributed by atoms with Gasteiger partial charge < -0.3 is 9.67 Å². The second-order valence-electron chi connectivity index (χ2n) is 3.16. The molecule has 5 heteroatoms. The molecule has 0 spiro atoms. The van der Waals surface area contributed by atoms with E-state index in [1.807, 2.05) is 4.57 Å². The van der Waals surface area contributed by atoms with Crippen LogP contribution in [0.2, 0.25) is 0 Å². The maximum Gasteiger partial charge on any atom is 0.242 e. The highest BCUT2D eigenvalue weighted by Gasteiger charge is 2.15. The Kier molecular flexibility index (Phi) is 2.30. The van der Waals surface area contributed by atoms with Crippen LogP contribution in [0.25, 0.3) is 11.5 Å². The molecule has 1 N–H and O–H groups in total. The second kappa shape index (κ2) is 3.61. The van der Waals surface area contributed by atoms with E-state index in [1.54, 1.807) is 6.33 Å². The molecule has 2 heterocycles. The molecule has 0 radical (unpaired) electrons. The van der Waals surface area contributed by atoms with Gasteiger partial charge in [-0.1, -0.05) is 13.3 Å². The fourth-order valence-electron chi connectivity index (χ4n) is 1.36. The van der Waals surface area contributed by atoms with E-state index in [2.05, 4.69) is 21.9 Å². The van der Waals surface area contributed by atoms with Gasteiger partial charge in [-0.2, -0.15) is 0 Å². The molecular weight excluding hydrogens is 180 g/mol. The maximum absolute atomic E-state index is 9.38. The first-order valence-electron chi connectivity index (χ1n) is 4.67. The summed E-state index contributed by atoms with van der Waals surface area (Å²) in [6, 6.07) is 0. The van der Waals surface area contributed by atoms with Crippen molar-refractivity contribution in [3.8, 4) is 17.4 Å². The van der Waals surface area contributed by atoms with Crippen LogP contribution in [0.4, 0.5) is 0 Å². The topological polar surface area (TPSA) is 63.8 Å². The number of aromatic nitrogens is 4. The molecule has 14 heavy (non-hydrogen) atoms. The number of unbranched alkanes of at least 4 members (excludes halogenated alkanes) is 1. The van der Waals surface area contributed by atoms with Gasteiger partial charge in [0.15, 0.2) is 11.5 Å². The van der Waals surface area contributed by atoms with Crippen LogP contribution in [0, 0.1) is 0 Å². The number of fused-ring (bicyclic) bond motifs is 1. The van der Waals surface area contributed by atoms with Crippen molar-refractivity contribution in [1.29, 1.82) is 0 Å². The van der Waals surface area contributed by atoms with Gasteiger partial charge in [-0.05, 0) is 6.42 Å². The first kappa shape index (κ1) is 8.93. The maximum atomic E-state index is 9.38. The Labute approximate surface area is 81.8 Å². The zero-order valence-electron chi connectivity index (χ0n) is 8.01. The zero-order valence-corrected chi connectivity index (χ0v) is 8.01. The summed E-state index contributed by atoms with van der Waals surface area (Å²) in [5.41, 5.74) is 0.476. The van der Waals surface area contributed by atoms with Gasteiger partial charge in [-0.25, -0.2) is 15.0 Å². The molecule has 0 aromatic heterocycles. The Bertz CT molecular complexity index is 398. The minimum Gasteiger partial charge on any atom is -0.492 e. The van der Waals surface area contributed by atoms with Crippen molar-refractivity contribution < 1.29 is 5.11 Å². The third-order valence-corrected chi connectivity index (χ3v) is 2.13. The Morgan fingerprint density at radius 1 is 1.36 bits per heavy atom. The lowest BCUT2D eigenvalue weighted by Gasteiger charge is -2.09. The summed E-state index contributed by atoms with van der Waals surface area (Å²) < 4.78 is 1.91. The van der Waals surface area contributed by atoms with Gasteiger partial charge >= 0.3 is 0 Å². The van der Waals surface area contributed by atoms with Crippen molar-refractivity contribution in [2.24, 2.45) is 0 Å². The van der Waals surface area contributed by atoms with Gasteiger partial charge in [0.1, 0.15) is 12.7 Å². The van der Waals surface area contributed by atoms with E-state index in [9.17, 15) is 5.11 Å². The van der Waals surface area contributed by atoms with Crippen LogP contribution in [0.1, 0.15) is 19.8 Å². The SMILES string of the molecule is CCCCn1cnc(O)c2ncnc1-2. The Balaban J connectivity index is 2.37. The Hall–Kier alpha value is -1.65. The molecule has 0 unspecified atom stereocenters. The van der Waals surface area contributed by atoms with Gasteiger partial charge in [0.2, 0.25) is 5.88 Å². The molecule has 0 amide bonds. The molecule has 0 saturated carbocycles. The Morgan fingerprint density at radius 3 is 3.00 bits per heavy atom. The highest BCUT2D eigenvalue weighted by Crippen LogP contribution is 2.24. The van der Waals surface area contributed by atoms with Crippen molar-refractivity contribution in [1.82, 2.24) is 19.5 Å². The molecule has 2 aliphatic rings. The average Bonchev–Trinajstić information content (AvgIpc) is 2.66. The van der Waals surface area contributed by atoms with Gasteiger partial charge in [-0.3, -0.25) is 0 Å². The zero-order chi connectivity index (χ0) is 9.97. The van der Waals surface area contributed by atoms with Crippen LogP contribution >= 0.6 is 0 Å². The molecule has 0 aromatic carbocycles. The summed E-state index contributed by atoms with van der Waals surface area (Å²) in [6.45, 7) is 2.99. The quantitative estimate of drug-likeness (QED) is 0.795. The van der Waals surface area contributed by atoms with Crippen molar-refractivity contribution in [2.45, 2.75) is 26.3 Å². The van der Waals surface area contributed by atoms with Gasteiger partial charge in [-0.15, -0.1) is 0 Å². The molecule has 2 rings (SSSR count). The smallest absolute Gasteiger partial charge is 0.242 e. The first-order valence-corrected chi connectivity index (χ1v) is 4.67. The third-order valence-electron chi connectivity index (χ3n) is 2.13. The minimum atomic E-state index is -0.0507. The van der Waals surface area contributed by atoms with E-state index in [0.29, 0.717) is 11.5 Å². The molecular formula is C9H12N4O. The molecule has 0 aliphatic carbocycles. The summed E-state index contributed by atoms with van der Waals surface area (Å²) in [5, 5.41) is 9.38. The molecule has 0 aromatic rings. The van der Waals surface area contributed by atoms with Crippen molar-refractivity contribution in [3.63, 3.8) is 0 Å². The standard InChI is InChI=1S/C9H12N4O/c1-2-3-4-13-6-12-9(14)7-8(13)11-5-10-7/h5-6,14H,2-4H2,1H3. The summed E-state index contributed by atoms with van der Waals surface area (Å²) in [6.07, 6.45) is 5.22. The molecule has 5 nitrogen and oxygen atoms in total. The number of hydrogen-bond acceptors (Lipinski definition) is 4. The van der Waals surface area contributed by atoms with Crippen LogP contribution in [0.3, 0.4) is 0 Å². The largest absolute Gasteiger partial charge is 0.492 e. The molecule has 2 aliphatic heterocycles. The lowest BCUT2D eigenvalue weighted by Crippen LogP contribution is -2.05. The van der Waals surface area contributed by atoms with Crippen molar-refractivity contribution in [3.05, 3.63) is 12.7 Å². The number of aryl methyl sites for hydroxylation is 1. The van der Waals surface area contributed by atoms with E-state index in [0.717, 1.165) is 19.4 Å². The summed E-state index contributed by atoms with van der Waals surface area (Å²) in [5.74, 6) is 0.649. The number of imidazole rings is 1. The highest BCUT2D eigenvalue weighted by atomic mass is 16.3. The predicted molar refractivity (Wildman–Crippen MR) is 51.0 cm³/mol. The van der Waals surface area contributed by atoms with E-state index in [-0.39, 0.29) is 5.88 Å². The van der Waals surface area contributed by atoms with Crippen LogP contribution in [-0.2, 0) is 6.54 Å². The number of rotatable bonds is 3. The Morgan fingerprint density at radius 2 is 2.21 bits per heavy atom. The minimum absolute atomic E-state index is 0.0507. The lowest BCUT2D eigenvalue weighted by atomic mass is 10.3. The lowest BCUT2D eigenvalue weighted by molar-refractivity contribution is 0.446. The van der Waals surface area contributed by atoms with E-state index >= 15 is 0 Å². The fourth-order valence-corrected chi connectivity index (χ4v) is 1.36. The van der Waals surface area contributed by atoms with Crippen LogP contribution in [0.15, 0.2) is 12.7 Å². The van der Waals surface area contributed by atoms with Crippen LogP contribution in [0.5, 0.6) is 5.88 Å². The molecule has 0 saturated heterocycles. The fraction of sp³-hybridized carbons (Fsp3) is 0.444. The summed E-state index contributed by atoms with van der Waals surface area (Å²) in [4.78, 5) is 11.9. The summed E-state index contributed by atoms with van der Waals surface area (Å²) >= 11 is 0. The first-order chi connectivity index (χ1) is 6.83. The molecule has 0 bridgehead atoms. The van der Waals surface area contributed by atoms with Gasteiger partial charge in [0.25, 0.3) is 0 Å². The molecule has 74 valence electrons. The average molecular weight is 192 g/mol. The third kappa shape index (κ3) is 1.41. The highest BCUT2D eigenvalue weighted by molar-refractivity contribution is 5.56. The normalized spacial score (nSPS) is 10.9. The molecule has 0 fully saturated rings. The van der Waals surface area contributed by atoms with E-state index < -0.39 is 0 Å². The number of aromatic hydroxyl groups is 1. The van der Waals surface area contributed by atoms with Crippen LogP contribution in [-0.4, -0.2) is 24.6 Å². The predicted octanol–water partition coefficient (Wildman–Crippen LogP) is 1.28. The van der Waals surface area contributed by atoms with Crippen molar-refractivity contribution in [2.75, 3.05) is 0 Å². The number of hydrogen-bond donors (Lipinski definition) is 1. The van der Waals surface area contributed by atoms with E-state index in [1.165, 1.54) is 6.33 Å². The summed E-state index contributed by atoms with van der Waals surface area (Å²) in [7, 11) is 0. The number of nitrogens with zero attached hydrogens (tertiary/aromatic N) is 4. The van der Waals surface area contributed by atoms with Crippen LogP contribution < -0.4 is 0 Å². The monoisotopic (exact) mass is 192 g/mol. The van der Waals surface area contributed by atoms with Gasteiger partial charge in [0.05, 0.1) is 0 Å². The van der Waals surface area contributed by atoms with Crippen molar-refractivity contribution >= 4 is 0 Å². The van der Waals surface area contributed by atoms with E-state index in [4.69, 9.17) is 0 Å².